The first-order chi connectivity index (χ1) is 10.7. The molecule has 0 N–H and O–H groups in total. The number of carbonyl (C=O) groups excluding carboxylic acids is 1. The van der Waals surface area contributed by atoms with E-state index in [1.807, 2.05) is 16.7 Å². The highest BCUT2D eigenvalue weighted by molar-refractivity contribution is 5.89. The molecule has 2 aromatic rings. The number of imidazole rings is 1. The van der Waals surface area contributed by atoms with E-state index in [1.54, 1.807) is 12.3 Å². The number of hydrogen-bond acceptors (Lipinski definition) is 4. The van der Waals surface area contributed by atoms with E-state index >= 15 is 0 Å². The molecule has 0 unspecified atom stereocenters. The Balaban J connectivity index is 1.71. The van der Waals surface area contributed by atoms with Gasteiger partial charge in [-0.15, -0.1) is 0 Å². The van der Waals surface area contributed by atoms with Gasteiger partial charge < -0.3 is 14.0 Å². The van der Waals surface area contributed by atoms with Gasteiger partial charge in [-0.05, 0) is 56.9 Å². The van der Waals surface area contributed by atoms with Crippen LogP contribution in [0, 0.1) is 5.92 Å². The summed E-state index contributed by atoms with van der Waals surface area (Å²) in [5.74, 6) is 0.400. The molecule has 1 fully saturated rings. The molecule has 5 heteroatoms. The fourth-order valence-corrected chi connectivity index (χ4v) is 3.18. The Hall–Kier alpha value is -1.88. The summed E-state index contributed by atoms with van der Waals surface area (Å²) in [6.45, 7) is 5.76. The van der Waals surface area contributed by atoms with Gasteiger partial charge in [0.25, 0.3) is 0 Å². The van der Waals surface area contributed by atoms with Crippen LogP contribution in [0.25, 0.3) is 5.65 Å². The van der Waals surface area contributed by atoms with Gasteiger partial charge in [0.15, 0.2) is 0 Å². The molecule has 22 heavy (non-hydrogen) atoms. The second-order valence-electron chi connectivity index (χ2n) is 5.99. The van der Waals surface area contributed by atoms with Crippen molar-refractivity contribution in [3.8, 4) is 0 Å². The smallest absolute Gasteiger partial charge is 0.339 e. The molecule has 0 amide bonds. The first kappa shape index (κ1) is 15.0. The lowest BCUT2D eigenvalue weighted by Crippen LogP contribution is -2.34. The SMILES string of the molecule is CCN1CCC(Cc2cn3cc(C(=O)OC)ccc3n2)CC1. The van der Waals surface area contributed by atoms with Gasteiger partial charge in [-0.25, -0.2) is 9.78 Å². The minimum Gasteiger partial charge on any atom is -0.465 e. The molecule has 0 aliphatic carbocycles. The second kappa shape index (κ2) is 6.48. The van der Waals surface area contributed by atoms with Crippen molar-refractivity contribution in [1.82, 2.24) is 14.3 Å². The number of rotatable bonds is 4. The van der Waals surface area contributed by atoms with Gasteiger partial charge in [0, 0.05) is 12.4 Å². The molecule has 1 aliphatic heterocycles. The van der Waals surface area contributed by atoms with Crippen molar-refractivity contribution in [1.29, 1.82) is 0 Å². The number of carbonyl (C=O) groups is 1. The molecule has 3 rings (SSSR count). The number of aromatic nitrogens is 2. The van der Waals surface area contributed by atoms with Crippen LogP contribution >= 0.6 is 0 Å². The number of piperidine rings is 1. The van der Waals surface area contributed by atoms with Crippen molar-refractivity contribution >= 4 is 11.6 Å². The zero-order valence-corrected chi connectivity index (χ0v) is 13.3. The van der Waals surface area contributed by atoms with Crippen LogP contribution in [0.4, 0.5) is 0 Å². The zero-order chi connectivity index (χ0) is 15.5. The number of likely N-dealkylation sites (tertiary alicyclic amines) is 1. The summed E-state index contributed by atoms with van der Waals surface area (Å²) in [4.78, 5) is 18.8. The van der Waals surface area contributed by atoms with Crippen molar-refractivity contribution in [2.45, 2.75) is 26.2 Å². The molecule has 2 aromatic heterocycles. The second-order valence-corrected chi connectivity index (χ2v) is 5.99. The third kappa shape index (κ3) is 3.14. The molecule has 0 saturated carbocycles. The van der Waals surface area contributed by atoms with Gasteiger partial charge in [-0.3, -0.25) is 0 Å². The lowest BCUT2D eigenvalue weighted by Gasteiger charge is -2.30. The Morgan fingerprint density at radius 3 is 2.77 bits per heavy atom. The normalized spacial score (nSPS) is 17.0. The van der Waals surface area contributed by atoms with Crippen LogP contribution in [0.2, 0.25) is 0 Å². The van der Waals surface area contributed by atoms with E-state index in [2.05, 4.69) is 16.8 Å². The van der Waals surface area contributed by atoms with Crippen molar-refractivity contribution in [3.05, 3.63) is 35.8 Å². The van der Waals surface area contributed by atoms with Gasteiger partial charge in [-0.2, -0.15) is 0 Å². The molecule has 1 saturated heterocycles. The number of hydrogen-bond donors (Lipinski definition) is 0. The quantitative estimate of drug-likeness (QED) is 0.814. The predicted octanol–water partition coefficient (Wildman–Crippen LogP) is 2.40. The molecule has 0 radical (unpaired) electrons. The van der Waals surface area contributed by atoms with Crippen LogP contribution in [-0.4, -0.2) is 47.0 Å². The first-order valence-corrected chi connectivity index (χ1v) is 7.98. The molecule has 0 spiro atoms. The molecule has 118 valence electrons. The average molecular weight is 301 g/mol. The van der Waals surface area contributed by atoms with Gasteiger partial charge >= 0.3 is 5.97 Å². The van der Waals surface area contributed by atoms with Crippen LogP contribution in [-0.2, 0) is 11.2 Å². The summed E-state index contributed by atoms with van der Waals surface area (Å²) in [6.07, 6.45) is 7.34. The minimum atomic E-state index is -0.316. The van der Waals surface area contributed by atoms with Gasteiger partial charge in [0.05, 0.1) is 18.4 Å². The lowest BCUT2D eigenvalue weighted by atomic mass is 9.92. The maximum absolute atomic E-state index is 11.6. The standard InChI is InChI=1S/C17H23N3O2/c1-3-19-8-6-13(7-9-19)10-15-12-20-11-14(17(21)22-2)4-5-16(20)18-15/h4-5,11-13H,3,6-10H2,1-2H3. The van der Waals surface area contributed by atoms with E-state index < -0.39 is 0 Å². The third-order valence-corrected chi connectivity index (χ3v) is 4.57. The molecule has 0 atom stereocenters. The highest BCUT2D eigenvalue weighted by Crippen LogP contribution is 2.21. The van der Waals surface area contributed by atoms with Crippen LogP contribution in [0.3, 0.4) is 0 Å². The van der Waals surface area contributed by atoms with Crippen LogP contribution in [0.15, 0.2) is 24.5 Å². The fourth-order valence-electron chi connectivity index (χ4n) is 3.18. The molecule has 0 aromatic carbocycles. The van der Waals surface area contributed by atoms with Crippen molar-refractivity contribution < 1.29 is 9.53 Å². The molecule has 1 aliphatic rings. The van der Waals surface area contributed by atoms with Crippen molar-refractivity contribution in [2.75, 3.05) is 26.7 Å². The van der Waals surface area contributed by atoms with Gasteiger partial charge in [-0.1, -0.05) is 6.92 Å². The van der Waals surface area contributed by atoms with E-state index in [0.29, 0.717) is 11.5 Å². The maximum atomic E-state index is 11.6. The van der Waals surface area contributed by atoms with E-state index in [0.717, 1.165) is 24.3 Å². The predicted molar refractivity (Wildman–Crippen MR) is 85.1 cm³/mol. The Morgan fingerprint density at radius 2 is 2.09 bits per heavy atom. The number of nitrogens with zero attached hydrogens (tertiary/aromatic N) is 3. The van der Waals surface area contributed by atoms with Crippen molar-refractivity contribution in [2.24, 2.45) is 5.92 Å². The number of ether oxygens (including phenoxy) is 1. The monoisotopic (exact) mass is 301 g/mol. The minimum absolute atomic E-state index is 0.316. The summed E-state index contributed by atoms with van der Waals surface area (Å²) in [7, 11) is 1.40. The summed E-state index contributed by atoms with van der Waals surface area (Å²) in [6, 6.07) is 3.63. The van der Waals surface area contributed by atoms with E-state index in [-0.39, 0.29) is 5.97 Å². The Morgan fingerprint density at radius 1 is 1.32 bits per heavy atom. The Bertz CT molecular complexity index is 657. The Kier molecular flexibility index (Phi) is 4.43. The largest absolute Gasteiger partial charge is 0.465 e. The summed E-state index contributed by atoms with van der Waals surface area (Å²) >= 11 is 0. The topological polar surface area (TPSA) is 46.8 Å². The number of pyridine rings is 1. The number of esters is 1. The summed E-state index contributed by atoms with van der Waals surface area (Å²) in [5, 5.41) is 0. The number of fused-ring (bicyclic) bond motifs is 1. The fraction of sp³-hybridized carbons (Fsp3) is 0.529. The maximum Gasteiger partial charge on any atom is 0.339 e. The average Bonchev–Trinajstić information content (AvgIpc) is 2.96. The van der Waals surface area contributed by atoms with Crippen molar-refractivity contribution in [3.63, 3.8) is 0 Å². The lowest BCUT2D eigenvalue weighted by molar-refractivity contribution is 0.0600. The van der Waals surface area contributed by atoms with E-state index in [4.69, 9.17) is 4.74 Å². The number of methoxy groups -OCH3 is 1. The third-order valence-electron chi connectivity index (χ3n) is 4.57. The van der Waals surface area contributed by atoms with E-state index in [1.165, 1.54) is 33.0 Å². The summed E-state index contributed by atoms with van der Waals surface area (Å²) < 4.78 is 6.68. The molecule has 3 heterocycles. The highest BCUT2D eigenvalue weighted by Gasteiger charge is 2.19. The van der Waals surface area contributed by atoms with Gasteiger partial charge in [0.2, 0.25) is 0 Å². The molecule has 0 bridgehead atoms. The Labute approximate surface area is 130 Å². The molecular weight excluding hydrogens is 278 g/mol. The van der Waals surface area contributed by atoms with Crippen LogP contribution < -0.4 is 0 Å². The molecule has 5 nitrogen and oxygen atoms in total. The van der Waals surface area contributed by atoms with Crippen LogP contribution in [0.1, 0.15) is 35.8 Å². The van der Waals surface area contributed by atoms with Gasteiger partial charge in [0.1, 0.15) is 5.65 Å². The van der Waals surface area contributed by atoms with Crippen LogP contribution in [0.5, 0.6) is 0 Å². The van der Waals surface area contributed by atoms with E-state index in [9.17, 15) is 4.79 Å². The molecular formula is C17H23N3O2. The highest BCUT2D eigenvalue weighted by atomic mass is 16.5. The zero-order valence-electron chi connectivity index (χ0n) is 13.3. The first-order valence-electron chi connectivity index (χ1n) is 7.98. The summed E-state index contributed by atoms with van der Waals surface area (Å²) in [5.41, 5.74) is 2.54.